The molecule has 4 aromatic rings. The summed E-state index contributed by atoms with van der Waals surface area (Å²) in [5.41, 5.74) is 0.789. The molecule has 6 nitrogen and oxygen atoms in total. The number of benzene rings is 2. The van der Waals surface area contributed by atoms with E-state index in [0.29, 0.717) is 21.8 Å². The van der Waals surface area contributed by atoms with E-state index in [2.05, 4.69) is 20.4 Å². The van der Waals surface area contributed by atoms with Crippen LogP contribution in [-0.4, -0.2) is 25.7 Å². The van der Waals surface area contributed by atoms with E-state index in [-0.39, 0.29) is 23.2 Å². The summed E-state index contributed by atoms with van der Waals surface area (Å²) < 4.78 is 68.7. The molecule has 198 valence electrons. The molecule has 0 saturated heterocycles. The number of nitrogens with zero attached hydrogens (tertiary/aromatic N) is 4. The molecule has 0 fully saturated rings. The number of aromatic nitrogens is 4. The third-order valence-electron chi connectivity index (χ3n) is 5.99. The van der Waals surface area contributed by atoms with Gasteiger partial charge in [-0.25, -0.2) is 18.7 Å². The van der Waals surface area contributed by atoms with Gasteiger partial charge in [0.15, 0.2) is 5.69 Å². The molecule has 0 saturated carbocycles. The van der Waals surface area contributed by atoms with Crippen LogP contribution < -0.4 is 5.32 Å². The van der Waals surface area contributed by atoms with Crippen LogP contribution in [0.5, 0.6) is 0 Å². The van der Waals surface area contributed by atoms with Crippen LogP contribution in [0.4, 0.5) is 22.0 Å². The first-order valence-electron chi connectivity index (χ1n) is 11.3. The van der Waals surface area contributed by atoms with Crippen LogP contribution in [0, 0.1) is 25.5 Å². The molecule has 0 radical (unpaired) electrons. The van der Waals surface area contributed by atoms with E-state index in [1.165, 1.54) is 26.4 Å². The fourth-order valence-electron chi connectivity index (χ4n) is 4.08. The van der Waals surface area contributed by atoms with Crippen LogP contribution >= 0.6 is 11.6 Å². The zero-order chi connectivity index (χ0) is 27.6. The highest BCUT2D eigenvalue weighted by Crippen LogP contribution is 2.32. The molecule has 38 heavy (non-hydrogen) atoms. The number of carbonyl (C=O) groups is 1. The summed E-state index contributed by atoms with van der Waals surface area (Å²) in [4.78, 5) is 21.5. The third kappa shape index (κ3) is 6.16. The second-order valence-corrected chi connectivity index (χ2v) is 9.08. The smallest absolute Gasteiger partial charge is 0.346 e. The molecule has 0 aliphatic carbocycles. The maximum atomic E-state index is 13.9. The highest BCUT2D eigenvalue weighted by molar-refractivity contribution is 6.30. The monoisotopic (exact) mass is 549 g/mol. The van der Waals surface area contributed by atoms with Crippen molar-refractivity contribution in [3.63, 3.8) is 0 Å². The largest absolute Gasteiger partial charge is 0.435 e. The van der Waals surface area contributed by atoms with Gasteiger partial charge in [-0.15, -0.1) is 0 Å². The van der Waals surface area contributed by atoms with E-state index in [1.54, 1.807) is 24.3 Å². The Kier molecular flexibility index (Phi) is 7.77. The molecule has 1 amide bonds. The summed E-state index contributed by atoms with van der Waals surface area (Å²) in [6, 6.07) is 8.82. The van der Waals surface area contributed by atoms with Gasteiger partial charge in [-0.2, -0.15) is 18.3 Å². The van der Waals surface area contributed by atoms with Crippen molar-refractivity contribution in [2.45, 2.75) is 39.0 Å². The number of alkyl halides is 3. The van der Waals surface area contributed by atoms with Crippen molar-refractivity contribution >= 4 is 17.5 Å². The molecule has 1 atom stereocenters. The molecule has 0 unspecified atom stereocenters. The van der Waals surface area contributed by atoms with Gasteiger partial charge in [0.2, 0.25) is 5.91 Å². The maximum absolute atomic E-state index is 13.9. The van der Waals surface area contributed by atoms with Gasteiger partial charge in [-0.1, -0.05) is 23.7 Å². The third-order valence-corrected chi connectivity index (χ3v) is 6.25. The first-order valence-corrected chi connectivity index (χ1v) is 11.7. The van der Waals surface area contributed by atoms with Crippen molar-refractivity contribution in [3.8, 4) is 11.1 Å². The lowest BCUT2D eigenvalue weighted by molar-refractivity contribution is -0.142. The van der Waals surface area contributed by atoms with Crippen LogP contribution in [0.1, 0.15) is 34.3 Å². The summed E-state index contributed by atoms with van der Waals surface area (Å²) in [6.07, 6.45) is -1.96. The van der Waals surface area contributed by atoms with Crippen LogP contribution in [0.15, 0.2) is 55.0 Å². The molecule has 0 aliphatic rings. The van der Waals surface area contributed by atoms with Crippen molar-refractivity contribution in [2.75, 3.05) is 0 Å². The minimum atomic E-state index is -4.67. The average molecular weight is 550 g/mol. The standard InChI is InChI=1S/C26H21ClF5N5O/c1-14-15(2)37(36-25(14)26(30,31)32)12-23(38)35-22(9-16-7-19(28)10-20(29)8-16)24-21(11-33-13-34-24)17-3-5-18(27)6-4-17/h3-8,10-11,13,22H,9,12H2,1-2H3,(H,35,38)/t22-/m1/s1. The summed E-state index contributed by atoms with van der Waals surface area (Å²) in [7, 11) is 0. The van der Waals surface area contributed by atoms with Crippen molar-refractivity contribution in [1.82, 2.24) is 25.1 Å². The summed E-state index contributed by atoms with van der Waals surface area (Å²) in [6.45, 7) is 2.19. The van der Waals surface area contributed by atoms with Gasteiger partial charge in [0.05, 0.1) is 11.7 Å². The Balaban J connectivity index is 1.70. The molecule has 1 N–H and O–H groups in total. The van der Waals surface area contributed by atoms with Gasteiger partial charge in [0.25, 0.3) is 0 Å². The van der Waals surface area contributed by atoms with E-state index in [9.17, 15) is 26.7 Å². The highest BCUT2D eigenvalue weighted by Gasteiger charge is 2.37. The molecular formula is C26H21ClF5N5O. The molecular weight excluding hydrogens is 529 g/mol. The van der Waals surface area contributed by atoms with E-state index in [0.717, 1.165) is 22.9 Å². The lowest BCUT2D eigenvalue weighted by Gasteiger charge is -2.21. The number of carbonyl (C=O) groups excluding carboxylic acids is 1. The molecule has 4 rings (SSSR count). The number of amides is 1. The highest BCUT2D eigenvalue weighted by atomic mass is 35.5. The lowest BCUT2D eigenvalue weighted by Crippen LogP contribution is -2.34. The van der Waals surface area contributed by atoms with E-state index in [1.807, 2.05) is 0 Å². The predicted octanol–water partition coefficient (Wildman–Crippen LogP) is 6.01. The number of halogens is 6. The van der Waals surface area contributed by atoms with Crippen LogP contribution in [0.25, 0.3) is 11.1 Å². The Hall–Kier alpha value is -3.86. The molecule has 12 heteroatoms. The van der Waals surface area contributed by atoms with Crippen molar-refractivity contribution in [3.05, 3.63) is 99.9 Å². The Bertz CT molecular complexity index is 1450. The number of rotatable bonds is 7. The zero-order valence-corrected chi connectivity index (χ0v) is 20.9. The number of hydrogen-bond donors (Lipinski definition) is 1. The van der Waals surface area contributed by atoms with E-state index >= 15 is 0 Å². The molecule has 2 aromatic heterocycles. The van der Waals surface area contributed by atoms with Gasteiger partial charge in [-0.3, -0.25) is 9.48 Å². The zero-order valence-electron chi connectivity index (χ0n) is 20.2. The van der Waals surface area contributed by atoms with Gasteiger partial charge >= 0.3 is 6.18 Å². The summed E-state index contributed by atoms with van der Waals surface area (Å²) in [5, 5.41) is 6.81. The normalized spacial score (nSPS) is 12.4. The summed E-state index contributed by atoms with van der Waals surface area (Å²) in [5.74, 6) is -2.27. The van der Waals surface area contributed by atoms with Gasteiger partial charge in [0, 0.05) is 34.1 Å². The quantitative estimate of drug-likeness (QED) is 0.287. The van der Waals surface area contributed by atoms with Crippen molar-refractivity contribution < 1.29 is 26.7 Å². The topological polar surface area (TPSA) is 72.7 Å². The minimum absolute atomic E-state index is 0.0665. The van der Waals surface area contributed by atoms with Crippen LogP contribution in [0.3, 0.4) is 0 Å². The second kappa shape index (κ2) is 10.9. The van der Waals surface area contributed by atoms with Gasteiger partial charge in [-0.05, 0) is 55.7 Å². The summed E-state index contributed by atoms with van der Waals surface area (Å²) >= 11 is 6.00. The van der Waals surface area contributed by atoms with E-state index < -0.39 is 42.0 Å². The SMILES string of the molecule is Cc1c(C(F)(F)F)nn(CC(=O)N[C@H](Cc2cc(F)cc(F)c2)c2ncncc2-c2ccc(Cl)cc2)c1C. The minimum Gasteiger partial charge on any atom is -0.346 e. The number of hydrogen-bond acceptors (Lipinski definition) is 4. The first kappa shape index (κ1) is 27.2. The Morgan fingerprint density at radius 1 is 1.08 bits per heavy atom. The number of nitrogens with one attached hydrogen (secondary N) is 1. The molecule has 0 bridgehead atoms. The van der Waals surface area contributed by atoms with E-state index in [4.69, 9.17) is 11.6 Å². The predicted molar refractivity (Wildman–Crippen MR) is 130 cm³/mol. The van der Waals surface area contributed by atoms with Gasteiger partial charge in [0.1, 0.15) is 24.5 Å². The molecule has 2 heterocycles. The first-order chi connectivity index (χ1) is 17.9. The van der Waals surface area contributed by atoms with Crippen molar-refractivity contribution in [2.24, 2.45) is 0 Å². The molecule has 2 aromatic carbocycles. The fraction of sp³-hybridized carbons (Fsp3) is 0.231. The van der Waals surface area contributed by atoms with Crippen molar-refractivity contribution in [1.29, 1.82) is 0 Å². The van der Waals surface area contributed by atoms with Gasteiger partial charge < -0.3 is 5.32 Å². The average Bonchev–Trinajstić information content (AvgIpc) is 3.12. The van der Waals surface area contributed by atoms with Crippen LogP contribution in [0.2, 0.25) is 5.02 Å². The fourth-order valence-corrected chi connectivity index (χ4v) is 4.21. The Labute approximate surface area is 219 Å². The Morgan fingerprint density at radius 2 is 1.74 bits per heavy atom. The maximum Gasteiger partial charge on any atom is 0.435 e. The molecule has 0 spiro atoms. The Morgan fingerprint density at radius 3 is 2.34 bits per heavy atom. The van der Waals surface area contributed by atoms with Crippen LogP contribution in [-0.2, 0) is 23.9 Å². The molecule has 0 aliphatic heterocycles. The second-order valence-electron chi connectivity index (χ2n) is 8.64. The lowest BCUT2D eigenvalue weighted by atomic mass is 9.96.